The second-order valence-corrected chi connectivity index (χ2v) is 5.83. The molecule has 2 rings (SSSR count). The largest absolute Gasteiger partial charge is 0.244 e. The third kappa shape index (κ3) is 3.02. The summed E-state index contributed by atoms with van der Waals surface area (Å²) >= 11 is 0. The first-order valence-corrected chi connectivity index (χ1v) is 6.96. The number of rotatable bonds is 5. The molecule has 0 atom stereocenters. The fourth-order valence-electron chi connectivity index (χ4n) is 1.57. The van der Waals surface area contributed by atoms with Gasteiger partial charge in [0.1, 0.15) is 11.0 Å². The molecule has 6 heteroatoms. The summed E-state index contributed by atoms with van der Waals surface area (Å²) in [6.45, 7) is 0.423. The van der Waals surface area contributed by atoms with E-state index in [1.165, 1.54) is 31.2 Å². The minimum atomic E-state index is -3.61. The zero-order chi connectivity index (χ0) is 12.3. The van der Waals surface area contributed by atoms with Gasteiger partial charge in [0.15, 0.2) is 5.69 Å². The fraction of sp³-hybridized carbons (Fsp3) is 0.455. The predicted octanol–water partition coefficient (Wildman–Crippen LogP) is 1.03. The zero-order valence-corrected chi connectivity index (χ0v) is 10.1. The number of pyridine rings is 1. The van der Waals surface area contributed by atoms with E-state index in [2.05, 4.69) is 9.71 Å². The van der Waals surface area contributed by atoms with Crippen molar-refractivity contribution in [1.82, 2.24) is 9.71 Å². The molecule has 0 aromatic carbocycles. The van der Waals surface area contributed by atoms with Gasteiger partial charge in [-0.15, -0.1) is 0 Å². The van der Waals surface area contributed by atoms with Crippen molar-refractivity contribution in [2.45, 2.75) is 24.2 Å². The maximum absolute atomic E-state index is 11.9. The van der Waals surface area contributed by atoms with Crippen molar-refractivity contribution in [3.63, 3.8) is 0 Å². The van der Waals surface area contributed by atoms with E-state index in [1.807, 2.05) is 0 Å². The summed E-state index contributed by atoms with van der Waals surface area (Å²) in [4.78, 5) is 3.70. The Bertz CT molecular complexity index is 544. The SMILES string of the molecule is N#Cc1ncccc1S(=O)(=O)NCCC1CC1. The summed E-state index contributed by atoms with van der Waals surface area (Å²) in [5, 5.41) is 8.80. The molecule has 1 aromatic rings. The Balaban J connectivity index is 2.10. The molecule has 0 bridgehead atoms. The van der Waals surface area contributed by atoms with Crippen LogP contribution in [0.3, 0.4) is 0 Å². The lowest BCUT2D eigenvalue weighted by atomic mass is 10.3. The lowest BCUT2D eigenvalue weighted by Crippen LogP contribution is -2.26. The van der Waals surface area contributed by atoms with Crippen molar-refractivity contribution in [1.29, 1.82) is 5.26 Å². The molecule has 1 aliphatic carbocycles. The van der Waals surface area contributed by atoms with Crippen LogP contribution in [0.15, 0.2) is 23.2 Å². The van der Waals surface area contributed by atoms with E-state index in [1.54, 1.807) is 6.07 Å². The maximum atomic E-state index is 11.9. The molecular weight excluding hydrogens is 238 g/mol. The second-order valence-electron chi connectivity index (χ2n) is 4.09. The molecular formula is C11H13N3O2S. The van der Waals surface area contributed by atoms with Gasteiger partial charge in [0, 0.05) is 12.7 Å². The molecule has 1 saturated carbocycles. The van der Waals surface area contributed by atoms with Gasteiger partial charge in [0.25, 0.3) is 0 Å². The highest BCUT2D eigenvalue weighted by Crippen LogP contribution is 2.31. The lowest BCUT2D eigenvalue weighted by molar-refractivity contribution is 0.574. The Morgan fingerprint density at radius 3 is 2.94 bits per heavy atom. The van der Waals surface area contributed by atoms with Gasteiger partial charge in [-0.05, 0) is 24.5 Å². The number of sulfonamides is 1. The van der Waals surface area contributed by atoms with E-state index in [-0.39, 0.29) is 10.6 Å². The minimum absolute atomic E-state index is 0.0432. The van der Waals surface area contributed by atoms with Crippen LogP contribution in [0, 0.1) is 17.2 Å². The first-order chi connectivity index (χ1) is 8.13. The van der Waals surface area contributed by atoms with Crippen LogP contribution in [0.25, 0.3) is 0 Å². The Hall–Kier alpha value is -1.45. The highest BCUT2D eigenvalue weighted by Gasteiger charge is 2.23. The molecule has 0 amide bonds. The van der Waals surface area contributed by atoms with Crippen LogP contribution >= 0.6 is 0 Å². The fourth-order valence-corrected chi connectivity index (χ4v) is 2.73. The Morgan fingerprint density at radius 2 is 2.29 bits per heavy atom. The minimum Gasteiger partial charge on any atom is -0.244 e. The number of hydrogen-bond donors (Lipinski definition) is 1. The summed E-state index contributed by atoms with van der Waals surface area (Å²) in [6, 6.07) is 4.69. The Morgan fingerprint density at radius 1 is 1.53 bits per heavy atom. The molecule has 1 heterocycles. The number of nitriles is 1. The van der Waals surface area contributed by atoms with Crippen LogP contribution in [0.4, 0.5) is 0 Å². The van der Waals surface area contributed by atoms with Crippen LogP contribution in [0.1, 0.15) is 25.0 Å². The van der Waals surface area contributed by atoms with Gasteiger partial charge in [0.05, 0.1) is 0 Å². The van der Waals surface area contributed by atoms with Gasteiger partial charge < -0.3 is 0 Å². The van der Waals surface area contributed by atoms with Crippen molar-refractivity contribution in [3.8, 4) is 6.07 Å². The third-order valence-corrected chi connectivity index (χ3v) is 4.20. The van der Waals surface area contributed by atoms with Crippen molar-refractivity contribution < 1.29 is 8.42 Å². The molecule has 0 unspecified atom stereocenters. The summed E-state index contributed by atoms with van der Waals surface area (Å²) in [7, 11) is -3.61. The quantitative estimate of drug-likeness (QED) is 0.847. The van der Waals surface area contributed by atoms with E-state index in [0.29, 0.717) is 12.5 Å². The molecule has 0 saturated heterocycles. The lowest BCUT2D eigenvalue weighted by Gasteiger charge is -2.06. The monoisotopic (exact) mass is 251 g/mol. The van der Waals surface area contributed by atoms with Crippen LogP contribution < -0.4 is 4.72 Å². The van der Waals surface area contributed by atoms with E-state index < -0.39 is 10.0 Å². The van der Waals surface area contributed by atoms with Crippen molar-refractivity contribution >= 4 is 10.0 Å². The molecule has 90 valence electrons. The van der Waals surface area contributed by atoms with E-state index >= 15 is 0 Å². The highest BCUT2D eigenvalue weighted by molar-refractivity contribution is 7.89. The summed E-state index contributed by atoms with van der Waals surface area (Å²) in [6.07, 6.45) is 4.65. The third-order valence-electron chi connectivity index (χ3n) is 2.71. The van der Waals surface area contributed by atoms with Gasteiger partial charge in [-0.2, -0.15) is 5.26 Å². The number of aromatic nitrogens is 1. The van der Waals surface area contributed by atoms with E-state index in [0.717, 1.165) is 6.42 Å². The van der Waals surface area contributed by atoms with Gasteiger partial charge in [-0.3, -0.25) is 0 Å². The standard InChI is InChI=1S/C11H13N3O2S/c12-8-10-11(2-1-6-13-10)17(15,16)14-7-5-9-3-4-9/h1-2,6,9,14H,3-5,7H2. The second kappa shape index (κ2) is 4.82. The predicted molar refractivity (Wildman–Crippen MR) is 61.5 cm³/mol. The maximum Gasteiger partial charge on any atom is 0.243 e. The van der Waals surface area contributed by atoms with Gasteiger partial charge in [0.2, 0.25) is 10.0 Å². The Labute approximate surface area is 101 Å². The molecule has 1 N–H and O–H groups in total. The average Bonchev–Trinajstić information content (AvgIpc) is 3.13. The molecule has 5 nitrogen and oxygen atoms in total. The molecule has 17 heavy (non-hydrogen) atoms. The van der Waals surface area contributed by atoms with Crippen molar-refractivity contribution in [2.75, 3.05) is 6.54 Å². The summed E-state index contributed by atoms with van der Waals surface area (Å²) in [5.74, 6) is 0.669. The van der Waals surface area contributed by atoms with E-state index in [9.17, 15) is 8.42 Å². The molecule has 1 fully saturated rings. The molecule has 1 aromatic heterocycles. The number of nitrogens with one attached hydrogen (secondary N) is 1. The molecule has 0 spiro atoms. The number of hydrogen-bond acceptors (Lipinski definition) is 4. The number of nitrogens with zero attached hydrogens (tertiary/aromatic N) is 2. The van der Waals surface area contributed by atoms with Crippen LogP contribution in [-0.2, 0) is 10.0 Å². The van der Waals surface area contributed by atoms with Gasteiger partial charge >= 0.3 is 0 Å². The Kier molecular flexibility index (Phi) is 3.41. The van der Waals surface area contributed by atoms with Gasteiger partial charge in [-0.25, -0.2) is 18.1 Å². The van der Waals surface area contributed by atoms with Crippen LogP contribution in [0.5, 0.6) is 0 Å². The first kappa shape index (κ1) is 12.0. The normalized spacial score (nSPS) is 15.5. The summed E-state index contributed by atoms with van der Waals surface area (Å²) < 4.78 is 26.3. The summed E-state index contributed by atoms with van der Waals surface area (Å²) in [5.41, 5.74) is -0.0635. The average molecular weight is 251 g/mol. The first-order valence-electron chi connectivity index (χ1n) is 5.48. The zero-order valence-electron chi connectivity index (χ0n) is 9.26. The van der Waals surface area contributed by atoms with Crippen molar-refractivity contribution in [2.24, 2.45) is 5.92 Å². The van der Waals surface area contributed by atoms with Gasteiger partial charge in [-0.1, -0.05) is 12.8 Å². The topological polar surface area (TPSA) is 82.8 Å². The smallest absolute Gasteiger partial charge is 0.243 e. The van der Waals surface area contributed by atoms with E-state index in [4.69, 9.17) is 5.26 Å². The molecule has 1 aliphatic rings. The van der Waals surface area contributed by atoms with Crippen molar-refractivity contribution in [3.05, 3.63) is 24.0 Å². The van der Waals surface area contributed by atoms with Crippen LogP contribution in [0.2, 0.25) is 0 Å². The molecule has 0 aliphatic heterocycles. The van der Waals surface area contributed by atoms with Crippen LogP contribution in [-0.4, -0.2) is 19.9 Å². The molecule has 0 radical (unpaired) electrons. The highest BCUT2D eigenvalue weighted by atomic mass is 32.2.